The van der Waals surface area contributed by atoms with Gasteiger partial charge in [0.25, 0.3) is 0 Å². The Morgan fingerprint density at radius 2 is 1.55 bits per heavy atom. The molecule has 2 N–H and O–H groups in total. The van der Waals surface area contributed by atoms with Crippen molar-refractivity contribution >= 4 is 22.8 Å². The van der Waals surface area contributed by atoms with Crippen LogP contribution in [0.4, 0.5) is 10.5 Å². The zero-order valence-corrected chi connectivity index (χ0v) is 17.8. The van der Waals surface area contributed by atoms with Crippen LogP contribution in [0.1, 0.15) is 23.9 Å². The van der Waals surface area contributed by atoms with Crippen molar-refractivity contribution < 1.29 is 4.79 Å². The number of aryl methyl sites for hydroxylation is 3. The number of fused-ring (bicyclic) bond motifs is 1. The summed E-state index contributed by atoms with van der Waals surface area (Å²) in [6, 6.07) is 26.3. The molecular weight excluding hydrogens is 384 g/mol. The Hall–Kier alpha value is -3.60. The number of anilines is 1. The molecular formula is C26H28N4O. The Bertz CT molecular complexity index is 1130. The van der Waals surface area contributed by atoms with Gasteiger partial charge in [-0.3, -0.25) is 0 Å². The number of hydrogen-bond acceptors (Lipinski definition) is 2. The molecule has 0 bridgehead atoms. The van der Waals surface area contributed by atoms with E-state index >= 15 is 0 Å². The summed E-state index contributed by atoms with van der Waals surface area (Å²) in [5.41, 5.74) is 5.48. The van der Waals surface area contributed by atoms with Gasteiger partial charge in [-0.25, -0.2) is 9.78 Å². The fourth-order valence-electron chi connectivity index (χ4n) is 3.82. The van der Waals surface area contributed by atoms with E-state index in [0.717, 1.165) is 42.8 Å². The lowest BCUT2D eigenvalue weighted by Crippen LogP contribution is -2.30. The molecule has 0 fully saturated rings. The van der Waals surface area contributed by atoms with Crippen molar-refractivity contribution in [3.8, 4) is 0 Å². The molecule has 0 unspecified atom stereocenters. The van der Waals surface area contributed by atoms with Gasteiger partial charge in [0.05, 0.1) is 11.0 Å². The topological polar surface area (TPSA) is 59.0 Å². The van der Waals surface area contributed by atoms with Crippen LogP contribution in [0.2, 0.25) is 0 Å². The first-order valence-electron chi connectivity index (χ1n) is 10.8. The first-order chi connectivity index (χ1) is 15.2. The van der Waals surface area contributed by atoms with Gasteiger partial charge < -0.3 is 15.2 Å². The van der Waals surface area contributed by atoms with Gasteiger partial charge in [-0.15, -0.1) is 0 Å². The van der Waals surface area contributed by atoms with Crippen molar-refractivity contribution in [3.63, 3.8) is 0 Å². The molecule has 0 saturated carbocycles. The molecule has 0 aliphatic carbocycles. The highest BCUT2D eigenvalue weighted by Gasteiger charge is 2.09. The Morgan fingerprint density at radius 1 is 0.839 bits per heavy atom. The second-order valence-electron chi connectivity index (χ2n) is 7.57. The van der Waals surface area contributed by atoms with Crippen LogP contribution in [0.25, 0.3) is 11.0 Å². The summed E-state index contributed by atoms with van der Waals surface area (Å²) in [5.74, 6) is 1.11. The minimum Gasteiger partial charge on any atom is -0.338 e. The van der Waals surface area contributed by atoms with Gasteiger partial charge in [0, 0.05) is 25.2 Å². The van der Waals surface area contributed by atoms with Crippen molar-refractivity contribution in [2.75, 3.05) is 11.9 Å². The third-order valence-electron chi connectivity index (χ3n) is 5.44. The van der Waals surface area contributed by atoms with Gasteiger partial charge in [-0.2, -0.15) is 0 Å². The van der Waals surface area contributed by atoms with E-state index in [9.17, 15) is 4.79 Å². The van der Waals surface area contributed by atoms with E-state index in [2.05, 4.69) is 64.6 Å². The summed E-state index contributed by atoms with van der Waals surface area (Å²) >= 11 is 0. The largest absolute Gasteiger partial charge is 0.338 e. The highest BCUT2D eigenvalue weighted by Crippen LogP contribution is 2.18. The molecule has 31 heavy (non-hydrogen) atoms. The second kappa shape index (κ2) is 9.94. The van der Waals surface area contributed by atoms with Crippen LogP contribution >= 0.6 is 0 Å². The molecule has 5 nitrogen and oxygen atoms in total. The van der Waals surface area contributed by atoms with E-state index in [4.69, 9.17) is 4.98 Å². The summed E-state index contributed by atoms with van der Waals surface area (Å²) in [4.78, 5) is 16.9. The lowest BCUT2D eigenvalue weighted by molar-refractivity contribution is 0.252. The average Bonchev–Trinajstić information content (AvgIpc) is 3.17. The van der Waals surface area contributed by atoms with Crippen LogP contribution < -0.4 is 10.6 Å². The van der Waals surface area contributed by atoms with E-state index in [1.807, 2.05) is 36.4 Å². The van der Waals surface area contributed by atoms with E-state index in [-0.39, 0.29) is 6.03 Å². The third kappa shape index (κ3) is 5.31. The van der Waals surface area contributed by atoms with Crippen LogP contribution in [0.3, 0.4) is 0 Å². The van der Waals surface area contributed by atoms with Crippen molar-refractivity contribution in [2.45, 2.75) is 32.7 Å². The number of rotatable bonds is 8. The lowest BCUT2D eigenvalue weighted by atomic mass is 10.1. The molecule has 5 heteroatoms. The highest BCUT2D eigenvalue weighted by atomic mass is 16.2. The number of aromatic nitrogens is 2. The average molecular weight is 413 g/mol. The van der Waals surface area contributed by atoms with E-state index in [1.54, 1.807) is 0 Å². The Kier molecular flexibility index (Phi) is 6.62. The maximum atomic E-state index is 12.1. The fourth-order valence-corrected chi connectivity index (χ4v) is 3.82. The first-order valence-corrected chi connectivity index (χ1v) is 10.8. The Morgan fingerprint density at radius 3 is 2.32 bits per heavy atom. The summed E-state index contributed by atoms with van der Waals surface area (Å²) in [7, 11) is 0. The number of hydrogen-bond donors (Lipinski definition) is 2. The van der Waals surface area contributed by atoms with E-state index in [1.165, 1.54) is 16.6 Å². The zero-order valence-electron chi connectivity index (χ0n) is 17.8. The number of nitrogens with one attached hydrogen (secondary N) is 2. The Balaban J connectivity index is 1.28. The van der Waals surface area contributed by atoms with Crippen LogP contribution in [0.15, 0.2) is 78.9 Å². The van der Waals surface area contributed by atoms with Crippen molar-refractivity contribution in [2.24, 2.45) is 0 Å². The van der Waals surface area contributed by atoms with Crippen LogP contribution in [-0.2, 0) is 25.8 Å². The first kappa shape index (κ1) is 20.7. The maximum Gasteiger partial charge on any atom is 0.319 e. The van der Waals surface area contributed by atoms with Crippen LogP contribution in [0.5, 0.6) is 0 Å². The predicted octanol–water partition coefficient (Wildman–Crippen LogP) is 5.21. The van der Waals surface area contributed by atoms with E-state index in [0.29, 0.717) is 6.54 Å². The monoisotopic (exact) mass is 412 g/mol. The molecule has 4 rings (SSSR count). The Labute approximate surface area is 183 Å². The molecule has 0 spiro atoms. The predicted molar refractivity (Wildman–Crippen MR) is 126 cm³/mol. The van der Waals surface area contributed by atoms with Crippen molar-refractivity contribution in [3.05, 3.63) is 95.8 Å². The highest BCUT2D eigenvalue weighted by molar-refractivity contribution is 5.89. The summed E-state index contributed by atoms with van der Waals surface area (Å²) in [5, 5.41) is 5.80. The number of amides is 2. The quantitative estimate of drug-likeness (QED) is 0.418. The van der Waals surface area contributed by atoms with E-state index < -0.39 is 0 Å². The normalized spacial score (nSPS) is 10.9. The number of carbonyl (C=O) groups is 1. The minimum atomic E-state index is -0.180. The number of carbonyl (C=O) groups excluding carboxylic acids is 1. The molecule has 0 saturated heterocycles. The summed E-state index contributed by atoms with van der Waals surface area (Å²) in [6.07, 6.45) is 2.61. The van der Waals surface area contributed by atoms with Gasteiger partial charge in [-0.05, 0) is 55.2 Å². The minimum absolute atomic E-state index is 0.180. The molecule has 3 aromatic carbocycles. The third-order valence-corrected chi connectivity index (χ3v) is 5.44. The molecule has 2 amide bonds. The van der Waals surface area contributed by atoms with Gasteiger partial charge in [0.2, 0.25) is 0 Å². The van der Waals surface area contributed by atoms with Gasteiger partial charge in [0.1, 0.15) is 5.82 Å². The summed E-state index contributed by atoms with van der Waals surface area (Å²) < 4.78 is 2.28. The lowest BCUT2D eigenvalue weighted by Gasteiger charge is -2.09. The molecule has 0 aliphatic rings. The molecule has 1 aromatic heterocycles. The number of imidazole rings is 1. The molecule has 0 atom stereocenters. The van der Waals surface area contributed by atoms with Crippen molar-refractivity contribution in [1.29, 1.82) is 0 Å². The van der Waals surface area contributed by atoms with Gasteiger partial charge >= 0.3 is 6.03 Å². The van der Waals surface area contributed by atoms with Crippen molar-refractivity contribution in [1.82, 2.24) is 14.9 Å². The maximum absolute atomic E-state index is 12.1. The molecule has 1 heterocycles. The smallest absolute Gasteiger partial charge is 0.319 e. The fraction of sp³-hybridized carbons (Fsp3) is 0.231. The number of urea groups is 1. The second-order valence-corrected chi connectivity index (χ2v) is 7.57. The van der Waals surface area contributed by atoms with Crippen LogP contribution in [-0.4, -0.2) is 22.1 Å². The summed E-state index contributed by atoms with van der Waals surface area (Å²) in [6.45, 7) is 3.67. The zero-order chi connectivity index (χ0) is 21.5. The molecule has 4 aromatic rings. The van der Waals surface area contributed by atoms with Gasteiger partial charge in [-0.1, -0.05) is 54.6 Å². The van der Waals surface area contributed by atoms with Crippen LogP contribution in [0, 0.1) is 0 Å². The molecule has 0 radical (unpaired) electrons. The molecule has 158 valence electrons. The number of nitrogens with zero attached hydrogens (tertiary/aromatic N) is 2. The molecule has 0 aliphatic heterocycles. The standard InChI is InChI=1S/C26H28N4O/c1-2-30-24-11-7-6-10-23(24)29-25(30)17-14-21-12-15-22(16-13-21)28-26(31)27-19-18-20-8-4-3-5-9-20/h3-13,15-16H,2,14,17-19H2,1H3,(H2,27,28,31). The number of benzene rings is 3. The van der Waals surface area contributed by atoms with Gasteiger partial charge in [0.15, 0.2) is 0 Å². The SMILES string of the molecule is CCn1c(CCc2ccc(NC(=O)NCCc3ccccc3)cc2)nc2ccccc21. The number of para-hydroxylation sites is 2.